The summed E-state index contributed by atoms with van der Waals surface area (Å²) in [5.74, 6) is 0.641. The Morgan fingerprint density at radius 1 is 1.58 bits per heavy atom. The minimum absolute atomic E-state index is 0.00510. The number of halogens is 1. The van der Waals surface area contributed by atoms with Gasteiger partial charge in [-0.3, -0.25) is 10.1 Å². The quantitative estimate of drug-likeness (QED) is 0.678. The second kappa shape index (κ2) is 5.47. The highest BCUT2D eigenvalue weighted by Crippen LogP contribution is 2.44. The Morgan fingerprint density at radius 3 is 2.84 bits per heavy atom. The molecule has 1 aromatic rings. The molecule has 0 saturated heterocycles. The maximum Gasteiger partial charge on any atom is 0.272 e. The van der Waals surface area contributed by atoms with Gasteiger partial charge in [0.15, 0.2) is 0 Å². The van der Waals surface area contributed by atoms with Gasteiger partial charge in [0, 0.05) is 16.7 Å². The van der Waals surface area contributed by atoms with Crippen LogP contribution >= 0.6 is 11.6 Å². The first kappa shape index (κ1) is 14.3. The average Bonchev–Trinajstić information content (AvgIpc) is 2.71. The van der Waals surface area contributed by atoms with Crippen molar-refractivity contribution in [3.05, 3.63) is 38.9 Å². The number of nitro benzene ring substituents is 1. The van der Waals surface area contributed by atoms with Crippen molar-refractivity contribution in [3.8, 4) is 0 Å². The summed E-state index contributed by atoms with van der Waals surface area (Å²) in [4.78, 5) is 10.8. The summed E-state index contributed by atoms with van der Waals surface area (Å²) in [7, 11) is 0. The first-order valence-corrected chi connectivity index (χ1v) is 6.96. The zero-order chi connectivity index (χ0) is 14.0. The molecule has 0 amide bonds. The molecule has 19 heavy (non-hydrogen) atoms. The molecule has 1 aliphatic rings. The standard InChI is InChI=1S/C14H19ClN2O2/c1-10-4-5-14(7-10,9-16)8-11-6-12(15)2-3-13(11)17(18)19/h2-3,6,10H,4-5,7-9,16H2,1H3. The summed E-state index contributed by atoms with van der Waals surface area (Å²) in [6.07, 6.45) is 3.86. The fourth-order valence-corrected chi connectivity index (χ4v) is 3.39. The van der Waals surface area contributed by atoms with E-state index in [9.17, 15) is 10.1 Å². The Morgan fingerprint density at radius 2 is 2.32 bits per heavy atom. The lowest BCUT2D eigenvalue weighted by molar-refractivity contribution is -0.385. The van der Waals surface area contributed by atoms with Crippen LogP contribution in [0.3, 0.4) is 0 Å². The van der Waals surface area contributed by atoms with Crippen molar-refractivity contribution in [3.63, 3.8) is 0 Å². The lowest BCUT2D eigenvalue weighted by Gasteiger charge is -2.27. The predicted octanol–water partition coefficient (Wildman–Crippen LogP) is 3.56. The maximum atomic E-state index is 11.1. The minimum atomic E-state index is -0.339. The second-order valence-corrected chi connectivity index (χ2v) is 6.20. The van der Waals surface area contributed by atoms with Crippen molar-refractivity contribution < 1.29 is 4.92 Å². The molecule has 1 saturated carbocycles. The zero-order valence-electron chi connectivity index (χ0n) is 11.1. The summed E-state index contributed by atoms with van der Waals surface area (Å²) in [5.41, 5.74) is 6.79. The molecule has 0 bridgehead atoms. The van der Waals surface area contributed by atoms with Crippen LogP contribution in [-0.4, -0.2) is 11.5 Å². The third kappa shape index (κ3) is 3.07. The van der Waals surface area contributed by atoms with Crippen molar-refractivity contribution in [2.75, 3.05) is 6.54 Å². The van der Waals surface area contributed by atoms with Crippen molar-refractivity contribution in [2.24, 2.45) is 17.1 Å². The highest BCUT2D eigenvalue weighted by molar-refractivity contribution is 6.30. The molecule has 104 valence electrons. The van der Waals surface area contributed by atoms with Crippen LogP contribution in [0.1, 0.15) is 31.7 Å². The molecule has 0 aliphatic heterocycles. The van der Waals surface area contributed by atoms with Crippen molar-refractivity contribution in [2.45, 2.75) is 32.6 Å². The van der Waals surface area contributed by atoms with Crippen LogP contribution in [0.25, 0.3) is 0 Å². The highest BCUT2D eigenvalue weighted by Gasteiger charge is 2.37. The molecule has 2 N–H and O–H groups in total. The number of nitrogens with two attached hydrogens (primary N) is 1. The fourth-order valence-electron chi connectivity index (χ4n) is 3.19. The van der Waals surface area contributed by atoms with Gasteiger partial charge >= 0.3 is 0 Å². The van der Waals surface area contributed by atoms with E-state index in [1.807, 2.05) is 0 Å². The van der Waals surface area contributed by atoms with Gasteiger partial charge in [0.25, 0.3) is 5.69 Å². The van der Waals surface area contributed by atoms with Gasteiger partial charge in [-0.05, 0) is 49.3 Å². The van der Waals surface area contributed by atoms with Crippen LogP contribution in [0.4, 0.5) is 5.69 Å². The van der Waals surface area contributed by atoms with E-state index in [4.69, 9.17) is 17.3 Å². The minimum Gasteiger partial charge on any atom is -0.330 e. The topological polar surface area (TPSA) is 69.2 Å². The summed E-state index contributed by atoms with van der Waals surface area (Å²) in [5, 5.41) is 11.6. The highest BCUT2D eigenvalue weighted by atomic mass is 35.5. The molecule has 0 radical (unpaired) electrons. The summed E-state index contributed by atoms with van der Waals surface area (Å²) >= 11 is 5.97. The number of nitrogens with zero attached hydrogens (tertiary/aromatic N) is 1. The van der Waals surface area contributed by atoms with Gasteiger partial charge in [-0.2, -0.15) is 0 Å². The molecule has 5 heteroatoms. The van der Waals surface area contributed by atoms with E-state index in [1.165, 1.54) is 6.07 Å². The number of rotatable bonds is 4. The number of hydrogen-bond donors (Lipinski definition) is 1. The second-order valence-electron chi connectivity index (χ2n) is 5.76. The summed E-state index contributed by atoms with van der Waals surface area (Å²) in [6.45, 7) is 2.78. The first-order valence-electron chi connectivity index (χ1n) is 6.59. The Hall–Kier alpha value is -1.13. The predicted molar refractivity (Wildman–Crippen MR) is 76.3 cm³/mol. The van der Waals surface area contributed by atoms with Crippen LogP contribution in [-0.2, 0) is 6.42 Å². The van der Waals surface area contributed by atoms with E-state index in [0.29, 0.717) is 29.5 Å². The molecule has 1 fully saturated rings. The number of benzene rings is 1. The van der Waals surface area contributed by atoms with Crippen LogP contribution in [0.5, 0.6) is 0 Å². The third-order valence-corrected chi connectivity index (χ3v) is 4.42. The summed E-state index contributed by atoms with van der Waals surface area (Å²) in [6, 6.07) is 4.76. The molecule has 0 heterocycles. The lowest BCUT2D eigenvalue weighted by atomic mass is 9.79. The fraction of sp³-hybridized carbons (Fsp3) is 0.571. The number of hydrogen-bond acceptors (Lipinski definition) is 3. The Labute approximate surface area is 118 Å². The molecule has 1 aromatic carbocycles. The Bertz CT molecular complexity index is 492. The molecule has 2 unspecified atom stereocenters. The Kier molecular flexibility index (Phi) is 4.11. The van der Waals surface area contributed by atoms with Crippen LogP contribution < -0.4 is 5.73 Å². The van der Waals surface area contributed by atoms with Gasteiger partial charge in [-0.15, -0.1) is 0 Å². The van der Waals surface area contributed by atoms with Gasteiger partial charge < -0.3 is 5.73 Å². The van der Waals surface area contributed by atoms with Gasteiger partial charge in [0.05, 0.1) is 4.92 Å². The maximum absolute atomic E-state index is 11.1. The monoisotopic (exact) mass is 282 g/mol. The molecule has 4 nitrogen and oxygen atoms in total. The lowest BCUT2D eigenvalue weighted by Crippen LogP contribution is -2.30. The SMILES string of the molecule is CC1CCC(CN)(Cc2cc(Cl)ccc2[N+](=O)[O-])C1. The molecular formula is C14H19ClN2O2. The Balaban J connectivity index is 2.31. The first-order chi connectivity index (χ1) is 8.96. The smallest absolute Gasteiger partial charge is 0.272 e. The molecule has 0 spiro atoms. The van der Waals surface area contributed by atoms with Crippen molar-refractivity contribution in [1.29, 1.82) is 0 Å². The molecule has 2 rings (SSSR count). The normalized spacial score (nSPS) is 26.6. The molecule has 1 aliphatic carbocycles. The van der Waals surface area contributed by atoms with Crippen LogP contribution in [0.15, 0.2) is 18.2 Å². The molecule has 2 atom stereocenters. The van der Waals surface area contributed by atoms with Crippen LogP contribution in [0.2, 0.25) is 5.02 Å². The van der Waals surface area contributed by atoms with E-state index >= 15 is 0 Å². The van der Waals surface area contributed by atoms with Gasteiger partial charge in [-0.1, -0.05) is 24.9 Å². The van der Waals surface area contributed by atoms with E-state index in [1.54, 1.807) is 12.1 Å². The van der Waals surface area contributed by atoms with E-state index < -0.39 is 0 Å². The van der Waals surface area contributed by atoms with Gasteiger partial charge in [-0.25, -0.2) is 0 Å². The third-order valence-electron chi connectivity index (χ3n) is 4.19. The van der Waals surface area contributed by atoms with E-state index in [-0.39, 0.29) is 16.0 Å². The van der Waals surface area contributed by atoms with E-state index in [2.05, 4.69) is 6.92 Å². The van der Waals surface area contributed by atoms with Gasteiger partial charge in [0.1, 0.15) is 0 Å². The zero-order valence-corrected chi connectivity index (χ0v) is 11.8. The van der Waals surface area contributed by atoms with E-state index in [0.717, 1.165) is 19.3 Å². The van der Waals surface area contributed by atoms with Crippen molar-refractivity contribution in [1.82, 2.24) is 0 Å². The number of nitro groups is 1. The van der Waals surface area contributed by atoms with Crippen LogP contribution in [0, 0.1) is 21.4 Å². The molecular weight excluding hydrogens is 264 g/mol. The largest absolute Gasteiger partial charge is 0.330 e. The average molecular weight is 283 g/mol. The molecule has 0 aromatic heterocycles. The summed E-state index contributed by atoms with van der Waals surface area (Å²) < 4.78 is 0. The van der Waals surface area contributed by atoms with Crippen molar-refractivity contribution >= 4 is 17.3 Å². The van der Waals surface area contributed by atoms with Gasteiger partial charge in [0.2, 0.25) is 0 Å².